The molecular weight excluding hydrogens is 288 g/mol. The van der Waals surface area contributed by atoms with E-state index in [4.69, 9.17) is 5.11 Å². The summed E-state index contributed by atoms with van der Waals surface area (Å²) >= 11 is 0. The Morgan fingerprint density at radius 1 is 1.04 bits per heavy atom. The number of hydrogen-bond donors (Lipinski definition) is 2. The molecule has 0 radical (unpaired) electrons. The average Bonchev–Trinajstić information content (AvgIpc) is 2.79. The minimum absolute atomic E-state index is 0.0529. The molecule has 1 spiro atoms. The maximum absolute atomic E-state index is 12.6. The van der Waals surface area contributed by atoms with Gasteiger partial charge in [-0.05, 0) is 61.7 Å². The molecule has 4 nitrogen and oxygen atoms in total. The van der Waals surface area contributed by atoms with Crippen molar-refractivity contribution < 1.29 is 9.90 Å². The van der Waals surface area contributed by atoms with Gasteiger partial charge in [0.1, 0.15) is 0 Å². The van der Waals surface area contributed by atoms with Crippen molar-refractivity contribution in [1.29, 1.82) is 0 Å². The molecule has 1 aromatic rings. The average molecular weight is 316 g/mol. The number of amides is 1. The Balaban J connectivity index is 1.57. The number of aliphatic hydroxyl groups excluding tert-OH is 1. The van der Waals surface area contributed by atoms with Crippen LogP contribution < -0.4 is 5.32 Å². The Morgan fingerprint density at radius 3 is 2.43 bits per heavy atom. The molecule has 2 N–H and O–H groups in total. The second-order valence-corrected chi connectivity index (χ2v) is 7.14. The maximum Gasteiger partial charge on any atom is 0.226 e. The van der Waals surface area contributed by atoms with Crippen LogP contribution in [0.5, 0.6) is 0 Å². The van der Waals surface area contributed by atoms with Gasteiger partial charge in [0.15, 0.2) is 0 Å². The largest absolute Gasteiger partial charge is 0.392 e. The first-order valence-corrected chi connectivity index (χ1v) is 8.88. The fourth-order valence-corrected chi connectivity index (χ4v) is 4.01. The number of carbonyl (C=O) groups is 1. The number of carbonyl (C=O) groups excluding carboxylic acids is 1. The number of hydrogen-bond acceptors (Lipinski definition) is 3. The van der Waals surface area contributed by atoms with E-state index in [-0.39, 0.29) is 12.5 Å². The van der Waals surface area contributed by atoms with Gasteiger partial charge in [-0.1, -0.05) is 24.3 Å². The van der Waals surface area contributed by atoms with E-state index in [1.807, 2.05) is 24.3 Å². The molecule has 4 heteroatoms. The van der Waals surface area contributed by atoms with Gasteiger partial charge in [-0.3, -0.25) is 4.79 Å². The van der Waals surface area contributed by atoms with Crippen molar-refractivity contribution in [2.24, 2.45) is 5.41 Å². The number of piperidine rings is 1. The molecule has 0 bridgehead atoms. The number of aliphatic hydroxyl groups is 1. The normalized spacial score (nSPS) is 21.2. The highest BCUT2D eigenvalue weighted by atomic mass is 16.3. The smallest absolute Gasteiger partial charge is 0.226 e. The van der Waals surface area contributed by atoms with E-state index in [2.05, 4.69) is 10.2 Å². The molecule has 2 aliphatic rings. The van der Waals surface area contributed by atoms with Crippen LogP contribution in [0.2, 0.25) is 0 Å². The molecule has 126 valence electrons. The van der Waals surface area contributed by atoms with E-state index in [1.165, 1.54) is 19.3 Å². The van der Waals surface area contributed by atoms with Crippen LogP contribution >= 0.6 is 0 Å². The van der Waals surface area contributed by atoms with E-state index in [1.54, 1.807) is 0 Å². The van der Waals surface area contributed by atoms with Gasteiger partial charge < -0.3 is 15.3 Å². The van der Waals surface area contributed by atoms with Crippen molar-refractivity contribution in [3.63, 3.8) is 0 Å². The molecule has 0 atom stereocenters. The van der Waals surface area contributed by atoms with Crippen molar-refractivity contribution in [2.75, 3.05) is 26.2 Å². The van der Waals surface area contributed by atoms with E-state index < -0.39 is 0 Å². The van der Waals surface area contributed by atoms with Gasteiger partial charge in [0.05, 0.1) is 13.0 Å². The van der Waals surface area contributed by atoms with E-state index in [0.29, 0.717) is 11.8 Å². The van der Waals surface area contributed by atoms with Crippen LogP contribution in [-0.2, 0) is 17.8 Å². The lowest BCUT2D eigenvalue weighted by molar-refractivity contribution is -0.130. The third-order valence-electron chi connectivity index (χ3n) is 5.63. The van der Waals surface area contributed by atoms with E-state index in [9.17, 15) is 4.79 Å². The van der Waals surface area contributed by atoms with Crippen LogP contribution in [0.25, 0.3) is 0 Å². The Labute approximate surface area is 138 Å². The molecule has 2 saturated heterocycles. The van der Waals surface area contributed by atoms with Gasteiger partial charge in [-0.25, -0.2) is 0 Å². The maximum atomic E-state index is 12.6. The van der Waals surface area contributed by atoms with Crippen molar-refractivity contribution in [3.8, 4) is 0 Å². The first-order valence-electron chi connectivity index (χ1n) is 8.88. The zero-order chi connectivity index (χ0) is 16.1. The number of nitrogens with zero attached hydrogens (tertiary/aromatic N) is 1. The fourth-order valence-electron chi connectivity index (χ4n) is 4.01. The molecule has 1 aromatic carbocycles. The summed E-state index contributed by atoms with van der Waals surface area (Å²) in [5.74, 6) is 0.243. The van der Waals surface area contributed by atoms with Crippen LogP contribution in [0.3, 0.4) is 0 Å². The highest BCUT2D eigenvalue weighted by molar-refractivity contribution is 5.78. The minimum Gasteiger partial charge on any atom is -0.392 e. The van der Waals surface area contributed by atoms with E-state index in [0.717, 1.165) is 50.1 Å². The van der Waals surface area contributed by atoms with Crippen LogP contribution in [0.4, 0.5) is 0 Å². The Hall–Kier alpha value is -1.39. The van der Waals surface area contributed by atoms with Gasteiger partial charge in [0.25, 0.3) is 0 Å². The Bertz CT molecular complexity index is 521. The number of nitrogens with one attached hydrogen (secondary N) is 1. The lowest BCUT2D eigenvalue weighted by Crippen LogP contribution is -2.38. The van der Waals surface area contributed by atoms with Gasteiger partial charge in [-0.15, -0.1) is 0 Å². The Kier molecular flexibility index (Phi) is 5.34. The Morgan fingerprint density at radius 2 is 1.74 bits per heavy atom. The molecule has 2 aliphatic heterocycles. The minimum atomic E-state index is 0.0529. The standard InChI is InChI=1S/C19H28N2O2/c22-15-17-4-2-16(3-5-17)14-18(23)21-12-1-6-19(9-13-21)7-10-20-11-8-19/h2-5,20,22H,1,6-15H2. The van der Waals surface area contributed by atoms with Crippen LogP contribution in [0.15, 0.2) is 24.3 Å². The second-order valence-electron chi connectivity index (χ2n) is 7.14. The van der Waals surface area contributed by atoms with Crippen molar-refractivity contribution in [2.45, 2.75) is 45.1 Å². The molecule has 23 heavy (non-hydrogen) atoms. The first kappa shape index (κ1) is 16.5. The molecule has 1 amide bonds. The van der Waals surface area contributed by atoms with Gasteiger partial charge in [0, 0.05) is 13.1 Å². The predicted octanol–water partition coefficient (Wildman–Crippen LogP) is 2.10. The number of benzene rings is 1. The molecule has 3 rings (SSSR count). The van der Waals surface area contributed by atoms with Gasteiger partial charge in [-0.2, -0.15) is 0 Å². The molecular formula is C19H28N2O2. The molecule has 0 saturated carbocycles. The quantitative estimate of drug-likeness (QED) is 0.898. The van der Waals surface area contributed by atoms with E-state index >= 15 is 0 Å². The summed E-state index contributed by atoms with van der Waals surface area (Å²) in [7, 11) is 0. The molecule has 2 heterocycles. The summed E-state index contributed by atoms with van der Waals surface area (Å²) in [6.45, 7) is 4.13. The topological polar surface area (TPSA) is 52.6 Å². The summed E-state index contributed by atoms with van der Waals surface area (Å²) in [6.07, 6.45) is 6.55. The highest BCUT2D eigenvalue weighted by Crippen LogP contribution is 2.39. The molecule has 0 unspecified atom stereocenters. The highest BCUT2D eigenvalue weighted by Gasteiger charge is 2.34. The van der Waals surface area contributed by atoms with Crippen LogP contribution in [0, 0.1) is 5.41 Å². The summed E-state index contributed by atoms with van der Waals surface area (Å²) < 4.78 is 0. The second kappa shape index (κ2) is 7.45. The van der Waals surface area contributed by atoms with Crippen molar-refractivity contribution in [3.05, 3.63) is 35.4 Å². The fraction of sp³-hybridized carbons (Fsp3) is 0.632. The monoisotopic (exact) mass is 316 g/mol. The first-order chi connectivity index (χ1) is 11.2. The lowest BCUT2D eigenvalue weighted by atomic mass is 9.73. The molecule has 2 fully saturated rings. The van der Waals surface area contributed by atoms with Crippen molar-refractivity contribution in [1.82, 2.24) is 10.2 Å². The number of rotatable bonds is 3. The SMILES string of the molecule is O=C(Cc1ccc(CO)cc1)N1CCCC2(CCNCC2)CC1. The zero-order valence-corrected chi connectivity index (χ0v) is 13.9. The number of likely N-dealkylation sites (tertiary alicyclic amines) is 1. The zero-order valence-electron chi connectivity index (χ0n) is 13.9. The van der Waals surface area contributed by atoms with Crippen LogP contribution in [0.1, 0.15) is 43.2 Å². The summed E-state index contributed by atoms with van der Waals surface area (Å²) in [5, 5.41) is 12.5. The van der Waals surface area contributed by atoms with Gasteiger partial charge in [0.2, 0.25) is 5.91 Å². The third-order valence-corrected chi connectivity index (χ3v) is 5.63. The summed E-state index contributed by atoms with van der Waals surface area (Å²) in [6, 6.07) is 7.70. The molecule has 0 aromatic heterocycles. The van der Waals surface area contributed by atoms with Gasteiger partial charge >= 0.3 is 0 Å². The lowest BCUT2D eigenvalue weighted by Gasteiger charge is -2.37. The van der Waals surface area contributed by atoms with Crippen LogP contribution in [-0.4, -0.2) is 42.1 Å². The predicted molar refractivity (Wildman–Crippen MR) is 91.0 cm³/mol. The third kappa shape index (κ3) is 4.12. The molecule has 0 aliphatic carbocycles. The summed E-state index contributed by atoms with van der Waals surface area (Å²) in [5.41, 5.74) is 2.40. The van der Waals surface area contributed by atoms with Crippen molar-refractivity contribution >= 4 is 5.91 Å². The summed E-state index contributed by atoms with van der Waals surface area (Å²) in [4.78, 5) is 14.7.